The number of carbonyl (C=O) groups is 2. The summed E-state index contributed by atoms with van der Waals surface area (Å²) in [5.41, 5.74) is 0.484. The lowest BCUT2D eigenvalue weighted by Gasteiger charge is -2.23. The fraction of sp³-hybridized carbons (Fsp3) is 0.467. The van der Waals surface area contributed by atoms with Crippen molar-refractivity contribution in [3.63, 3.8) is 0 Å². The number of methoxy groups -OCH3 is 1. The zero-order chi connectivity index (χ0) is 15.1. The first-order valence-corrected chi connectivity index (χ1v) is 6.62. The molecule has 110 valence electrons. The van der Waals surface area contributed by atoms with Crippen molar-refractivity contribution in [2.45, 2.75) is 32.4 Å². The highest BCUT2D eigenvalue weighted by molar-refractivity contribution is 5.87. The molecule has 1 aromatic rings. The highest BCUT2D eigenvalue weighted by atomic mass is 16.5. The van der Waals surface area contributed by atoms with Gasteiger partial charge in [0.25, 0.3) is 5.91 Å². The van der Waals surface area contributed by atoms with E-state index in [1.54, 1.807) is 30.3 Å². The standard InChI is InChI=1S/C15H21NO4/c1-4-10(2)12(15(19)20-3)16-14(18)13(17)11-8-6-5-7-9-11/h5-10,12-13,17H,4H2,1-3H3,(H,16,18)/t10-,12-,13+/m1/s1. The number of aliphatic hydroxyl groups excluding tert-OH is 1. The van der Waals surface area contributed by atoms with E-state index < -0.39 is 24.0 Å². The molecule has 0 aliphatic rings. The molecule has 0 aliphatic carbocycles. The lowest BCUT2D eigenvalue weighted by molar-refractivity contribution is -0.148. The molecule has 2 N–H and O–H groups in total. The fourth-order valence-electron chi connectivity index (χ4n) is 1.82. The van der Waals surface area contributed by atoms with E-state index in [1.165, 1.54) is 7.11 Å². The number of hydrogen-bond donors (Lipinski definition) is 2. The van der Waals surface area contributed by atoms with Crippen molar-refractivity contribution >= 4 is 11.9 Å². The topological polar surface area (TPSA) is 75.6 Å². The molecule has 5 heteroatoms. The summed E-state index contributed by atoms with van der Waals surface area (Å²) in [6, 6.07) is 7.82. The molecule has 1 amide bonds. The Kier molecular flexibility index (Phi) is 6.18. The molecule has 1 rings (SSSR count). The molecule has 0 aliphatic heterocycles. The van der Waals surface area contributed by atoms with E-state index in [-0.39, 0.29) is 5.92 Å². The number of aliphatic hydroxyl groups is 1. The minimum Gasteiger partial charge on any atom is -0.467 e. The predicted octanol–water partition coefficient (Wildman–Crippen LogP) is 1.42. The molecule has 0 aromatic heterocycles. The van der Waals surface area contributed by atoms with Crippen LogP contribution in [0.5, 0.6) is 0 Å². The van der Waals surface area contributed by atoms with E-state index in [4.69, 9.17) is 0 Å². The molecule has 0 radical (unpaired) electrons. The number of esters is 1. The molecule has 0 fully saturated rings. The van der Waals surface area contributed by atoms with Gasteiger partial charge < -0.3 is 15.2 Å². The van der Waals surface area contributed by atoms with E-state index in [1.807, 2.05) is 13.8 Å². The number of rotatable bonds is 6. The van der Waals surface area contributed by atoms with Gasteiger partial charge in [0.05, 0.1) is 7.11 Å². The van der Waals surface area contributed by atoms with E-state index in [0.717, 1.165) is 0 Å². The smallest absolute Gasteiger partial charge is 0.328 e. The number of carbonyl (C=O) groups excluding carboxylic acids is 2. The Morgan fingerprint density at radius 3 is 2.40 bits per heavy atom. The summed E-state index contributed by atoms with van der Waals surface area (Å²) in [5.74, 6) is -1.19. The normalized spacial score (nSPS) is 15.0. The van der Waals surface area contributed by atoms with Crippen LogP contribution in [0.15, 0.2) is 30.3 Å². The maximum absolute atomic E-state index is 12.0. The number of ether oxygens (including phenoxy) is 1. The number of amides is 1. The lowest BCUT2D eigenvalue weighted by Crippen LogP contribution is -2.47. The van der Waals surface area contributed by atoms with Gasteiger partial charge in [-0.3, -0.25) is 4.79 Å². The third kappa shape index (κ3) is 4.06. The third-order valence-electron chi connectivity index (χ3n) is 3.33. The molecule has 0 bridgehead atoms. The van der Waals surface area contributed by atoms with Crippen LogP contribution in [-0.4, -0.2) is 30.1 Å². The van der Waals surface area contributed by atoms with Gasteiger partial charge in [-0.15, -0.1) is 0 Å². The van der Waals surface area contributed by atoms with Crippen LogP contribution < -0.4 is 5.32 Å². The quantitative estimate of drug-likeness (QED) is 0.772. The van der Waals surface area contributed by atoms with E-state index in [2.05, 4.69) is 10.1 Å². The Bertz CT molecular complexity index is 446. The van der Waals surface area contributed by atoms with Gasteiger partial charge in [0, 0.05) is 0 Å². The van der Waals surface area contributed by atoms with Crippen LogP contribution in [0.1, 0.15) is 31.9 Å². The summed E-state index contributed by atoms with van der Waals surface area (Å²) in [6.07, 6.45) is -0.589. The number of benzene rings is 1. The van der Waals surface area contributed by atoms with Gasteiger partial charge in [-0.25, -0.2) is 4.79 Å². The van der Waals surface area contributed by atoms with Crippen molar-refractivity contribution in [1.29, 1.82) is 0 Å². The summed E-state index contributed by atoms with van der Waals surface area (Å²) in [5, 5.41) is 12.5. The number of hydrogen-bond acceptors (Lipinski definition) is 4. The lowest BCUT2D eigenvalue weighted by atomic mass is 9.98. The third-order valence-corrected chi connectivity index (χ3v) is 3.33. The SMILES string of the molecule is CC[C@@H](C)[C@@H](NC(=O)[C@@H](O)c1ccccc1)C(=O)OC. The average molecular weight is 279 g/mol. The van der Waals surface area contributed by atoms with Crippen LogP contribution in [0, 0.1) is 5.92 Å². The molecular formula is C15H21NO4. The molecule has 0 heterocycles. The monoisotopic (exact) mass is 279 g/mol. The van der Waals surface area contributed by atoms with Gasteiger partial charge in [-0.1, -0.05) is 50.6 Å². The summed E-state index contributed by atoms with van der Waals surface area (Å²) >= 11 is 0. The molecule has 0 unspecified atom stereocenters. The zero-order valence-electron chi connectivity index (χ0n) is 12.0. The maximum atomic E-state index is 12.0. The van der Waals surface area contributed by atoms with Crippen LogP contribution in [0.25, 0.3) is 0 Å². The van der Waals surface area contributed by atoms with Crippen molar-refractivity contribution in [3.8, 4) is 0 Å². The van der Waals surface area contributed by atoms with Gasteiger partial charge in [-0.2, -0.15) is 0 Å². The Labute approximate surface area is 118 Å². The largest absolute Gasteiger partial charge is 0.467 e. The first-order valence-electron chi connectivity index (χ1n) is 6.62. The zero-order valence-corrected chi connectivity index (χ0v) is 12.0. The van der Waals surface area contributed by atoms with Crippen LogP contribution in [-0.2, 0) is 14.3 Å². The van der Waals surface area contributed by atoms with Gasteiger partial charge >= 0.3 is 5.97 Å². The van der Waals surface area contributed by atoms with Gasteiger partial charge in [-0.05, 0) is 11.5 Å². The molecule has 1 aromatic carbocycles. The Balaban J connectivity index is 2.78. The molecule has 0 saturated heterocycles. The second kappa shape index (κ2) is 7.65. The van der Waals surface area contributed by atoms with E-state index in [0.29, 0.717) is 12.0 Å². The maximum Gasteiger partial charge on any atom is 0.328 e. The van der Waals surface area contributed by atoms with Crippen LogP contribution in [0.3, 0.4) is 0 Å². The average Bonchev–Trinajstić information content (AvgIpc) is 2.50. The summed E-state index contributed by atoms with van der Waals surface area (Å²) < 4.78 is 4.69. The van der Waals surface area contributed by atoms with Crippen molar-refractivity contribution in [2.75, 3.05) is 7.11 Å². The fourth-order valence-corrected chi connectivity index (χ4v) is 1.82. The van der Waals surface area contributed by atoms with Crippen molar-refractivity contribution in [2.24, 2.45) is 5.92 Å². The molecule has 0 saturated carbocycles. The number of nitrogens with one attached hydrogen (secondary N) is 1. The van der Waals surface area contributed by atoms with E-state index in [9.17, 15) is 14.7 Å². The minimum absolute atomic E-state index is 0.0747. The van der Waals surface area contributed by atoms with Crippen LogP contribution in [0.4, 0.5) is 0 Å². The summed E-state index contributed by atoms with van der Waals surface area (Å²) in [7, 11) is 1.28. The van der Waals surface area contributed by atoms with Gasteiger partial charge in [0.1, 0.15) is 6.04 Å². The second-order valence-corrected chi connectivity index (χ2v) is 4.71. The van der Waals surface area contributed by atoms with Crippen molar-refractivity contribution in [1.82, 2.24) is 5.32 Å². The first kappa shape index (κ1) is 16.2. The minimum atomic E-state index is -1.30. The summed E-state index contributed by atoms with van der Waals surface area (Å²) in [6.45, 7) is 3.76. The van der Waals surface area contributed by atoms with Gasteiger partial charge in [0.2, 0.25) is 0 Å². The predicted molar refractivity (Wildman–Crippen MR) is 74.8 cm³/mol. The van der Waals surface area contributed by atoms with Crippen molar-refractivity contribution < 1.29 is 19.4 Å². The highest BCUT2D eigenvalue weighted by Crippen LogP contribution is 2.15. The molecule has 5 nitrogen and oxygen atoms in total. The Hall–Kier alpha value is -1.88. The van der Waals surface area contributed by atoms with Crippen LogP contribution in [0.2, 0.25) is 0 Å². The van der Waals surface area contributed by atoms with E-state index >= 15 is 0 Å². The molecule has 3 atom stereocenters. The molecule has 20 heavy (non-hydrogen) atoms. The molecular weight excluding hydrogens is 258 g/mol. The Morgan fingerprint density at radius 2 is 1.90 bits per heavy atom. The van der Waals surface area contributed by atoms with Crippen molar-refractivity contribution in [3.05, 3.63) is 35.9 Å². The molecule has 0 spiro atoms. The second-order valence-electron chi connectivity index (χ2n) is 4.71. The highest BCUT2D eigenvalue weighted by Gasteiger charge is 2.29. The van der Waals surface area contributed by atoms with Gasteiger partial charge in [0.15, 0.2) is 6.10 Å². The first-order chi connectivity index (χ1) is 9.51. The Morgan fingerprint density at radius 1 is 1.30 bits per heavy atom. The summed E-state index contributed by atoms with van der Waals surface area (Å²) in [4.78, 5) is 23.7. The van der Waals surface area contributed by atoms with Crippen LogP contribution >= 0.6 is 0 Å².